The van der Waals surface area contributed by atoms with Crippen LogP contribution in [0.25, 0.3) is 0 Å². The van der Waals surface area contributed by atoms with Crippen molar-refractivity contribution < 1.29 is 9.63 Å². The van der Waals surface area contributed by atoms with Gasteiger partial charge in [0.2, 0.25) is 0 Å². The minimum atomic E-state index is -0.225. The molecule has 0 saturated heterocycles. The molecule has 1 N–H and O–H groups in total. The zero-order chi connectivity index (χ0) is 17.2. The Hall–Kier alpha value is -2.33. The molecular formula is C20H26N2O2. The molecule has 128 valence electrons. The topological polar surface area (TPSA) is 41.6 Å². The second kappa shape index (κ2) is 9.73. The van der Waals surface area contributed by atoms with Crippen molar-refractivity contribution in [1.29, 1.82) is 0 Å². The minimum Gasteiger partial charge on any atom is -0.306 e. The number of benzene rings is 2. The number of anilines is 1. The number of para-hydroxylation sites is 1. The van der Waals surface area contributed by atoms with Crippen LogP contribution >= 0.6 is 0 Å². The number of nitrogens with one attached hydrogen (secondary N) is 1. The van der Waals surface area contributed by atoms with E-state index in [-0.39, 0.29) is 12.1 Å². The highest BCUT2D eigenvalue weighted by atomic mass is 16.7. The number of rotatable bonds is 8. The van der Waals surface area contributed by atoms with Crippen LogP contribution in [0.3, 0.4) is 0 Å². The summed E-state index contributed by atoms with van der Waals surface area (Å²) in [5.41, 5.74) is 1.81. The van der Waals surface area contributed by atoms with E-state index in [1.54, 1.807) is 0 Å². The second-order valence-electron chi connectivity index (χ2n) is 5.73. The lowest BCUT2D eigenvalue weighted by Gasteiger charge is -2.30. The maximum atomic E-state index is 12.7. The van der Waals surface area contributed by atoms with Crippen LogP contribution in [0.1, 0.15) is 38.7 Å². The highest BCUT2D eigenvalue weighted by Crippen LogP contribution is 2.16. The molecule has 0 heterocycles. The fraction of sp³-hybridized carbons (Fsp3) is 0.350. The molecule has 0 spiro atoms. The molecule has 0 radical (unpaired) electrons. The second-order valence-corrected chi connectivity index (χ2v) is 5.73. The number of urea groups is 1. The van der Waals surface area contributed by atoms with Crippen molar-refractivity contribution in [2.45, 2.75) is 45.8 Å². The molecule has 0 aliphatic rings. The zero-order valence-electron chi connectivity index (χ0n) is 14.4. The van der Waals surface area contributed by atoms with Crippen LogP contribution in [-0.4, -0.2) is 17.1 Å². The van der Waals surface area contributed by atoms with Crippen LogP contribution in [-0.2, 0) is 11.4 Å². The fourth-order valence-electron chi connectivity index (χ4n) is 2.57. The Morgan fingerprint density at radius 2 is 1.67 bits per heavy atom. The number of carbonyl (C=O) groups is 1. The van der Waals surface area contributed by atoms with Crippen LogP contribution in [0.15, 0.2) is 60.7 Å². The minimum absolute atomic E-state index is 0.0578. The lowest BCUT2D eigenvalue weighted by atomic mass is 10.1. The molecule has 4 heteroatoms. The van der Waals surface area contributed by atoms with Gasteiger partial charge in [-0.15, -0.1) is 0 Å². The third-order valence-corrected chi connectivity index (χ3v) is 3.86. The first-order chi connectivity index (χ1) is 11.7. The monoisotopic (exact) mass is 326 g/mol. The summed E-state index contributed by atoms with van der Waals surface area (Å²) in [5, 5.41) is 4.42. The lowest BCUT2D eigenvalue weighted by Crippen LogP contribution is -2.42. The van der Waals surface area contributed by atoms with Crippen LogP contribution in [0.4, 0.5) is 10.5 Å². The van der Waals surface area contributed by atoms with Crippen molar-refractivity contribution in [3.63, 3.8) is 0 Å². The van der Waals surface area contributed by atoms with Crippen molar-refractivity contribution in [3.05, 3.63) is 66.2 Å². The van der Waals surface area contributed by atoms with Crippen molar-refractivity contribution in [3.8, 4) is 0 Å². The number of amides is 2. The summed E-state index contributed by atoms with van der Waals surface area (Å²) in [7, 11) is 0. The fourth-order valence-corrected chi connectivity index (χ4v) is 2.57. The van der Waals surface area contributed by atoms with Gasteiger partial charge in [-0.2, -0.15) is 5.06 Å². The van der Waals surface area contributed by atoms with Gasteiger partial charge in [-0.25, -0.2) is 4.79 Å². The van der Waals surface area contributed by atoms with Gasteiger partial charge in [-0.1, -0.05) is 68.8 Å². The van der Waals surface area contributed by atoms with E-state index in [0.29, 0.717) is 6.61 Å². The van der Waals surface area contributed by atoms with Crippen molar-refractivity contribution >= 4 is 11.7 Å². The van der Waals surface area contributed by atoms with Gasteiger partial charge in [0.15, 0.2) is 0 Å². The number of nitrogens with zero attached hydrogens (tertiary/aromatic N) is 1. The van der Waals surface area contributed by atoms with E-state index < -0.39 is 0 Å². The molecule has 0 bridgehead atoms. The van der Waals surface area contributed by atoms with Gasteiger partial charge < -0.3 is 5.32 Å². The van der Waals surface area contributed by atoms with E-state index in [1.165, 1.54) is 5.06 Å². The van der Waals surface area contributed by atoms with Gasteiger partial charge in [-0.3, -0.25) is 4.84 Å². The van der Waals surface area contributed by atoms with Gasteiger partial charge in [0.25, 0.3) is 0 Å². The molecule has 2 rings (SSSR count). The molecule has 0 aromatic heterocycles. The molecule has 0 aliphatic carbocycles. The largest absolute Gasteiger partial charge is 0.346 e. The summed E-state index contributed by atoms with van der Waals surface area (Å²) in [6.45, 7) is 4.57. The Morgan fingerprint density at radius 3 is 2.25 bits per heavy atom. The molecule has 1 atom stereocenters. The standard InChI is InChI=1S/C20H26N2O2/c1-3-11-19(4-2)22(24-16-17-12-7-5-8-13-17)20(23)21-18-14-9-6-10-15-18/h5-10,12-15,19H,3-4,11,16H2,1-2H3,(H,21,23). The van der Waals surface area contributed by atoms with Crippen molar-refractivity contribution in [2.75, 3.05) is 5.32 Å². The Morgan fingerprint density at radius 1 is 1.04 bits per heavy atom. The summed E-state index contributed by atoms with van der Waals surface area (Å²) in [5.74, 6) is 0. The number of carbonyl (C=O) groups excluding carboxylic acids is 1. The summed E-state index contributed by atoms with van der Waals surface area (Å²) < 4.78 is 0. The van der Waals surface area contributed by atoms with Gasteiger partial charge >= 0.3 is 6.03 Å². The quantitative estimate of drug-likeness (QED) is 0.675. The van der Waals surface area contributed by atoms with Gasteiger partial charge in [0, 0.05) is 5.69 Å². The molecule has 4 nitrogen and oxygen atoms in total. The Kier molecular flexibility index (Phi) is 7.30. The predicted octanol–water partition coefficient (Wildman–Crippen LogP) is 5.23. The highest BCUT2D eigenvalue weighted by molar-refractivity contribution is 5.88. The maximum Gasteiger partial charge on any atom is 0.346 e. The van der Waals surface area contributed by atoms with E-state index in [9.17, 15) is 4.79 Å². The van der Waals surface area contributed by atoms with Crippen LogP contribution in [0.2, 0.25) is 0 Å². The number of hydrogen-bond donors (Lipinski definition) is 1. The van der Waals surface area contributed by atoms with E-state index in [0.717, 1.165) is 30.5 Å². The van der Waals surface area contributed by atoms with Crippen LogP contribution in [0.5, 0.6) is 0 Å². The Bertz CT molecular complexity index is 602. The summed E-state index contributed by atoms with van der Waals surface area (Å²) in [6, 6.07) is 19.2. The molecule has 2 aromatic rings. The first-order valence-electron chi connectivity index (χ1n) is 8.56. The molecular weight excluding hydrogens is 300 g/mol. The third-order valence-electron chi connectivity index (χ3n) is 3.86. The molecule has 2 aromatic carbocycles. The van der Waals surface area contributed by atoms with Gasteiger partial charge in [0.05, 0.1) is 6.04 Å². The normalized spacial score (nSPS) is 11.8. The van der Waals surface area contributed by atoms with E-state index in [4.69, 9.17) is 4.84 Å². The SMILES string of the molecule is CCCC(CC)N(OCc1ccccc1)C(=O)Nc1ccccc1. The van der Waals surface area contributed by atoms with Crippen LogP contribution in [0, 0.1) is 0 Å². The smallest absolute Gasteiger partial charge is 0.306 e. The zero-order valence-corrected chi connectivity index (χ0v) is 14.4. The lowest BCUT2D eigenvalue weighted by molar-refractivity contribution is -0.153. The molecule has 1 unspecified atom stereocenters. The van der Waals surface area contributed by atoms with E-state index in [2.05, 4.69) is 19.2 Å². The summed E-state index contributed by atoms with van der Waals surface area (Å²) in [4.78, 5) is 18.6. The van der Waals surface area contributed by atoms with Gasteiger partial charge in [0.1, 0.15) is 6.61 Å². The number of hydrogen-bond acceptors (Lipinski definition) is 2. The van der Waals surface area contributed by atoms with Crippen LogP contribution < -0.4 is 5.32 Å². The maximum absolute atomic E-state index is 12.7. The predicted molar refractivity (Wildman–Crippen MR) is 97.5 cm³/mol. The number of hydroxylamine groups is 2. The molecule has 0 aliphatic heterocycles. The Balaban J connectivity index is 2.07. The molecule has 0 saturated carbocycles. The average Bonchev–Trinajstić information content (AvgIpc) is 2.62. The van der Waals surface area contributed by atoms with Gasteiger partial charge in [-0.05, 0) is 30.5 Å². The molecule has 2 amide bonds. The summed E-state index contributed by atoms with van der Waals surface area (Å²) >= 11 is 0. The van der Waals surface area contributed by atoms with E-state index in [1.807, 2.05) is 60.7 Å². The van der Waals surface area contributed by atoms with Crippen molar-refractivity contribution in [1.82, 2.24) is 5.06 Å². The van der Waals surface area contributed by atoms with Crippen molar-refractivity contribution in [2.24, 2.45) is 0 Å². The Labute approximate surface area is 144 Å². The third kappa shape index (κ3) is 5.39. The first-order valence-corrected chi connectivity index (χ1v) is 8.56. The van der Waals surface area contributed by atoms with E-state index >= 15 is 0 Å². The highest BCUT2D eigenvalue weighted by Gasteiger charge is 2.23. The molecule has 0 fully saturated rings. The first kappa shape index (κ1) is 18.0. The average molecular weight is 326 g/mol. The molecule has 24 heavy (non-hydrogen) atoms. The summed E-state index contributed by atoms with van der Waals surface area (Å²) in [6.07, 6.45) is 2.76.